The number of nitrogens with one attached hydrogen (secondary N) is 1. The molecule has 0 bridgehead atoms. The first-order chi connectivity index (χ1) is 10.8. The predicted octanol–water partition coefficient (Wildman–Crippen LogP) is 2.96. The molecule has 0 saturated carbocycles. The van der Waals surface area contributed by atoms with Crippen LogP contribution in [-0.2, 0) is 16.0 Å². The van der Waals surface area contributed by atoms with Gasteiger partial charge in [0.15, 0.2) is 0 Å². The first-order valence-corrected chi connectivity index (χ1v) is 7.20. The average Bonchev–Trinajstić information content (AvgIpc) is 2.92. The number of imide groups is 1. The largest absolute Gasteiger partial charge is 0.447 e. The Balaban J connectivity index is 2.07. The molecule has 1 aromatic carbocycles. The minimum absolute atomic E-state index is 0.00711. The molecular formula is C15H17F3N2O3. The van der Waals surface area contributed by atoms with Gasteiger partial charge in [0.05, 0.1) is 13.0 Å². The summed E-state index contributed by atoms with van der Waals surface area (Å²) in [6.45, 7) is 1.93. The summed E-state index contributed by atoms with van der Waals surface area (Å²) in [5, 5.41) is 2.31. The number of cyclic esters (lactones) is 1. The van der Waals surface area contributed by atoms with E-state index >= 15 is 0 Å². The van der Waals surface area contributed by atoms with Crippen molar-refractivity contribution >= 4 is 17.7 Å². The molecule has 126 valence electrons. The lowest BCUT2D eigenvalue weighted by Gasteiger charge is -2.23. The Labute approximate surface area is 131 Å². The molecule has 1 unspecified atom stereocenters. The summed E-state index contributed by atoms with van der Waals surface area (Å²) in [4.78, 5) is 23.8. The number of hydrogen-bond acceptors (Lipinski definition) is 4. The van der Waals surface area contributed by atoms with Gasteiger partial charge in [-0.05, 0) is 24.1 Å². The van der Waals surface area contributed by atoms with Crippen molar-refractivity contribution in [2.45, 2.75) is 32.0 Å². The fourth-order valence-corrected chi connectivity index (χ4v) is 2.19. The monoisotopic (exact) mass is 330 g/mol. The summed E-state index contributed by atoms with van der Waals surface area (Å²) in [6.07, 6.45) is -5.61. The van der Waals surface area contributed by atoms with E-state index in [1.54, 1.807) is 12.1 Å². The number of anilines is 1. The molecule has 5 nitrogen and oxygen atoms in total. The SMILES string of the molecule is CCc1ccc(NC(CC(=O)N2CCOC2=O)C(F)(F)F)cc1. The fourth-order valence-electron chi connectivity index (χ4n) is 2.19. The standard InChI is InChI=1S/C15H17F3N2O3/c1-2-10-3-5-11(6-4-10)19-12(15(16,17)18)9-13(21)20-7-8-23-14(20)22/h3-6,12,19H,2,7-9H2,1H3. The third-order valence-electron chi connectivity index (χ3n) is 3.54. The number of carbonyl (C=O) groups is 2. The second kappa shape index (κ2) is 6.89. The van der Waals surface area contributed by atoms with Gasteiger partial charge in [0.1, 0.15) is 12.6 Å². The number of carbonyl (C=O) groups excluding carboxylic acids is 2. The van der Waals surface area contributed by atoms with Gasteiger partial charge in [-0.2, -0.15) is 13.2 Å². The van der Waals surface area contributed by atoms with Gasteiger partial charge in [-0.3, -0.25) is 4.79 Å². The lowest BCUT2D eigenvalue weighted by molar-refractivity contribution is -0.153. The molecule has 1 aliphatic heterocycles. The second-order valence-corrected chi connectivity index (χ2v) is 5.15. The van der Waals surface area contributed by atoms with Gasteiger partial charge in [-0.25, -0.2) is 9.69 Å². The van der Waals surface area contributed by atoms with Crippen molar-refractivity contribution < 1.29 is 27.5 Å². The molecule has 1 aliphatic rings. The lowest BCUT2D eigenvalue weighted by atomic mass is 10.1. The van der Waals surface area contributed by atoms with Gasteiger partial charge in [0, 0.05) is 5.69 Å². The van der Waals surface area contributed by atoms with Gasteiger partial charge in [0.25, 0.3) is 0 Å². The maximum atomic E-state index is 13.1. The molecular weight excluding hydrogens is 313 g/mol. The van der Waals surface area contributed by atoms with Crippen LogP contribution in [0.15, 0.2) is 24.3 Å². The maximum Gasteiger partial charge on any atom is 0.416 e. The van der Waals surface area contributed by atoms with E-state index in [1.165, 1.54) is 12.1 Å². The summed E-state index contributed by atoms with van der Waals surface area (Å²) in [5.74, 6) is -0.910. The van der Waals surface area contributed by atoms with Crippen LogP contribution >= 0.6 is 0 Å². The summed E-state index contributed by atoms with van der Waals surface area (Å²) in [6, 6.07) is 4.43. The Bertz CT molecular complexity index is 572. The first kappa shape index (κ1) is 17.1. The van der Waals surface area contributed by atoms with Crippen LogP contribution in [0.2, 0.25) is 0 Å². The van der Waals surface area contributed by atoms with Crippen molar-refractivity contribution in [3.05, 3.63) is 29.8 Å². The number of aryl methyl sites for hydroxylation is 1. The molecule has 1 aromatic rings. The highest BCUT2D eigenvalue weighted by molar-refractivity contribution is 5.93. The van der Waals surface area contributed by atoms with Gasteiger partial charge in [-0.1, -0.05) is 19.1 Å². The Morgan fingerprint density at radius 2 is 2.00 bits per heavy atom. The third-order valence-corrected chi connectivity index (χ3v) is 3.54. The number of ether oxygens (including phenoxy) is 1. The van der Waals surface area contributed by atoms with Crippen LogP contribution in [0.3, 0.4) is 0 Å². The van der Waals surface area contributed by atoms with E-state index in [2.05, 4.69) is 10.1 Å². The molecule has 2 rings (SSSR count). The predicted molar refractivity (Wildman–Crippen MR) is 77.0 cm³/mol. The number of halogens is 3. The van der Waals surface area contributed by atoms with Crippen molar-refractivity contribution in [3.8, 4) is 0 Å². The molecule has 23 heavy (non-hydrogen) atoms. The Morgan fingerprint density at radius 3 is 2.48 bits per heavy atom. The molecule has 1 saturated heterocycles. The number of amides is 2. The molecule has 1 N–H and O–H groups in total. The number of rotatable bonds is 5. The number of alkyl halides is 3. The van der Waals surface area contributed by atoms with Crippen molar-refractivity contribution in [1.82, 2.24) is 4.90 Å². The Morgan fingerprint density at radius 1 is 1.35 bits per heavy atom. The molecule has 0 aromatic heterocycles. The summed E-state index contributed by atoms with van der Waals surface area (Å²) in [5.41, 5.74) is 1.26. The van der Waals surface area contributed by atoms with E-state index in [1.807, 2.05) is 6.92 Å². The molecule has 8 heteroatoms. The Hall–Kier alpha value is -2.25. The number of hydrogen-bond donors (Lipinski definition) is 1. The smallest absolute Gasteiger partial charge is 0.416 e. The third kappa shape index (κ3) is 4.37. The fraction of sp³-hybridized carbons (Fsp3) is 0.467. The van der Waals surface area contributed by atoms with E-state index in [0.29, 0.717) is 4.90 Å². The number of nitrogens with zero attached hydrogens (tertiary/aromatic N) is 1. The minimum atomic E-state index is -4.62. The zero-order valence-corrected chi connectivity index (χ0v) is 12.5. The molecule has 0 spiro atoms. The van der Waals surface area contributed by atoms with E-state index in [0.717, 1.165) is 12.0 Å². The molecule has 1 fully saturated rings. The van der Waals surface area contributed by atoms with Gasteiger partial charge in [0.2, 0.25) is 5.91 Å². The van der Waals surface area contributed by atoms with Crippen molar-refractivity contribution in [3.63, 3.8) is 0 Å². The van der Waals surface area contributed by atoms with Gasteiger partial charge >= 0.3 is 12.3 Å². The van der Waals surface area contributed by atoms with E-state index in [4.69, 9.17) is 0 Å². The van der Waals surface area contributed by atoms with Gasteiger partial charge in [-0.15, -0.1) is 0 Å². The first-order valence-electron chi connectivity index (χ1n) is 7.20. The van der Waals surface area contributed by atoms with Gasteiger partial charge < -0.3 is 10.1 Å². The zero-order chi connectivity index (χ0) is 17.0. The normalized spacial score (nSPS) is 16.2. The van der Waals surface area contributed by atoms with Crippen molar-refractivity contribution in [2.75, 3.05) is 18.5 Å². The zero-order valence-electron chi connectivity index (χ0n) is 12.5. The van der Waals surface area contributed by atoms with Crippen LogP contribution in [0.4, 0.5) is 23.7 Å². The molecule has 1 heterocycles. The summed E-state index contributed by atoms with van der Waals surface area (Å²) in [7, 11) is 0. The molecule has 0 radical (unpaired) electrons. The number of benzene rings is 1. The highest BCUT2D eigenvalue weighted by Gasteiger charge is 2.43. The minimum Gasteiger partial charge on any atom is -0.447 e. The molecule has 1 atom stereocenters. The maximum absolute atomic E-state index is 13.1. The van der Waals surface area contributed by atoms with Crippen LogP contribution < -0.4 is 5.32 Å². The molecule has 2 amide bonds. The van der Waals surface area contributed by atoms with Crippen LogP contribution in [0, 0.1) is 0 Å². The molecule has 0 aliphatic carbocycles. The van der Waals surface area contributed by atoms with Crippen LogP contribution in [-0.4, -0.2) is 42.3 Å². The van der Waals surface area contributed by atoms with E-state index in [-0.39, 0.29) is 18.8 Å². The van der Waals surface area contributed by atoms with Crippen LogP contribution in [0.25, 0.3) is 0 Å². The van der Waals surface area contributed by atoms with E-state index in [9.17, 15) is 22.8 Å². The average molecular weight is 330 g/mol. The summed E-state index contributed by atoms with van der Waals surface area (Å²) >= 11 is 0. The second-order valence-electron chi connectivity index (χ2n) is 5.15. The quantitative estimate of drug-likeness (QED) is 0.902. The highest BCUT2D eigenvalue weighted by Crippen LogP contribution is 2.27. The lowest BCUT2D eigenvalue weighted by Crippen LogP contribution is -2.42. The topological polar surface area (TPSA) is 58.6 Å². The Kier molecular flexibility index (Phi) is 5.12. The van der Waals surface area contributed by atoms with E-state index < -0.39 is 30.6 Å². The summed E-state index contributed by atoms with van der Waals surface area (Å²) < 4.78 is 44.0. The van der Waals surface area contributed by atoms with Crippen molar-refractivity contribution in [1.29, 1.82) is 0 Å². The highest BCUT2D eigenvalue weighted by atomic mass is 19.4. The van der Waals surface area contributed by atoms with Crippen molar-refractivity contribution in [2.24, 2.45) is 0 Å². The van der Waals surface area contributed by atoms with Crippen LogP contribution in [0.1, 0.15) is 18.9 Å². The van der Waals surface area contributed by atoms with Crippen LogP contribution in [0.5, 0.6) is 0 Å².